The number of aliphatic hydroxyl groups excluding tert-OH is 1. The topological polar surface area (TPSA) is 47.3 Å². The highest BCUT2D eigenvalue weighted by Crippen LogP contribution is 2.28. The van der Waals surface area contributed by atoms with E-state index in [1.807, 2.05) is 38.1 Å². The number of hydrogen-bond acceptors (Lipinski definition) is 3. The van der Waals surface area contributed by atoms with E-state index in [0.717, 1.165) is 17.8 Å². The predicted octanol–water partition coefficient (Wildman–Crippen LogP) is 3.12. The van der Waals surface area contributed by atoms with E-state index in [9.17, 15) is 5.11 Å². The molecule has 0 fully saturated rings. The molecule has 1 aromatic rings. The molecule has 3 heteroatoms. The van der Waals surface area contributed by atoms with Crippen LogP contribution < -0.4 is 4.90 Å². The van der Waals surface area contributed by atoms with Crippen LogP contribution in [0.25, 0.3) is 0 Å². The minimum atomic E-state index is -0.437. The summed E-state index contributed by atoms with van der Waals surface area (Å²) in [5, 5.41) is 19.0. The first-order valence-electron chi connectivity index (χ1n) is 6.55. The zero-order valence-corrected chi connectivity index (χ0v) is 11.4. The van der Waals surface area contributed by atoms with Crippen LogP contribution in [0.2, 0.25) is 0 Å². The molecule has 1 unspecified atom stereocenters. The molecule has 0 heterocycles. The average molecular weight is 246 g/mol. The van der Waals surface area contributed by atoms with Gasteiger partial charge >= 0.3 is 0 Å². The van der Waals surface area contributed by atoms with E-state index in [2.05, 4.69) is 17.9 Å². The summed E-state index contributed by atoms with van der Waals surface area (Å²) < 4.78 is 0. The lowest BCUT2D eigenvalue weighted by Crippen LogP contribution is -2.29. The number of benzene rings is 1. The standard InChI is InChI=1S/C15H22N2O/c1-4-15(18)13-8-6-7-9-14(13)17(5-2)11-12(3)10-16/h6-9,12,15,18H,4-5,11H2,1-3H3/t12?,15-/m1/s1. The summed E-state index contributed by atoms with van der Waals surface area (Å²) in [6.45, 7) is 7.48. The quantitative estimate of drug-likeness (QED) is 0.839. The first-order chi connectivity index (χ1) is 8.63. The summed E-state index contributed by atoms with van der Waals surface area (Å²) >= 11 is 0. The van der Waals surface area contributed by atoms with Gasteiger partial charge in [-0.3, -0.25) is 0 Å². The first kappa shape index (κ1) is 14.5. The van der Waals surface area contributed by atoms with E-state index in [-0.39, 0.29) is 5.92 Å². The van der Waals surface area contributed by atoms with Gasteiger partial charge in [0.05, 0.1) is 18.1 Å². The Morgan fingerprint density at radius 3 is 2.56 bits per heavy atom. The van der Waals surface area contributed by atoms with Crippen LogP contribution in [0, 0.1) is 17.2 Å². The monoisotopic (exact) mass is 246 g/mol. The van der Waals surface area contributed by atoms with Crippen molar-refractivity contribution in [2.45, 2.75) is 33.3 Å². The molecule has 1 N–H and O–H groups in total. The van der Waals surface area contributed by atoms with Crippen molar-refractivity contribution in [2.24, 2.45) is 5.92 Å². The van der Waals surface area contributed by atoms with Crippen molar-refractivity contribution in [1.29, 1.82) is 5.26 Å². The van der Waals surface area contributed by atoms with Crippen LogP contribution in [-0.2, 0) is 0 Å². The molecular formula is C15H22N2O. The number of para-hydroxylation sites is 1. The van der Waals surface area contributed by atoms with E-state index in [4.69, 9.17) is 5.26 Å². The summed E-state index contributed by atoms with van der Waals surface area (Å²) in [6, 6.07) is 10.2. The van der Waals surface area contributed by atoms with Crippen LogP contribution in [0.3, 0.4) is 0 Å². The third-order valence-electron chi connectivity index (χ3n) is 3.12. The van der Waals surface area contributed by atoms with Crippen LogP contribution in [-0.4, -0.2) is 18.2 Å². The molecule has 1 aromatic carbocycles. The maximum atomic E-state index is 10.1. The zero-order chi connectivity index (χ0) is 13.5. The van der Waals surface area contributed by atoms with Gasteiger partial charge in [0.25, 0.3) is 0 Å². The number of hydrogen-bond donors (Lipinski definition) is 1. The minimum Gasteiger partial charge on any atom is -0.388 e. The third kappa shape index (κ3) is 3.48. The Bertz CT molecular complexity index is 411. The lowest BCUT2D eigenvalue weighted by molar-refractivity contribution is 0.174. The highest BCUT2D eigenvalue weighted by molar-refractivity contribution is 5.54. The molecule has 0 aliphatic heterocycles. The first-order valence-corrected chi connectivity index (χ1v) is 6.55. The molecule has 0 aromatic heterocycles. The van der Waals surface area contributed by atoms with Gasteiger partial charge in [-0.2, -0.15) is 5.26 Å². The molecule has 1 rings (SSSR count). The number of nitrogens with zero attached hydrogens (tertiary/aromatic N) is 2. The smallest absolute Gasteiger partial charge is 0.0807 e. The number of anilines is 1. The van der Waals surface area contributed by atoms with Crippen molar-refractivity contribution in [2.75, 3.05) is 18.0 Å². The number of aliphatic hydroxyl groups is 1. The van der Waals surface area contributed by atoms with Crippen LogP contribution in [0.5, 0.6) is 0 Å². The highest BCUT2D eigenvalue weighted by Gasteiger charge is 2.16. The molecule has 0 amide bonds. The van der Waals surface area contributed by atoms with E-state index in [1.165, 1.54) is 0 Å². The second-order valence-electron chi connectivity index (χ2n) is 4.55. The van der Waals surface area contributed by atoms with Crippen molar-refractivity contribution in [3.05, 3.63) is 29.8 Å². The molecule has 98 valence electrons. The Labute approximate surface area is 110 Å². The van der Waals surface area contributed by atoms with E-state index in [1.54, 1.807) is 0 Å². The molecule has 0 bridgehead atoms. The molecule has 0 spiro atoms. The van der Waals surface area contributed by atoms with Gasteiger partial charge in [0, 0.05) is 24.3 Å². The summed E-state index contributed by atoms with van der Waals surface area (Å²) in [7, 11) is 0. The summed E-state index contributed by atoms with van der Waals surface area (Å²) in [4.78, 5) is 2.15. The lowest BCUT2D eigenvalue weighted by atomic mass is 10.0. The zero-order valence-electron chi connectivity index (χ0n) is 11.4. The molecule has 3 nitrogen and oxygen atoms in total. The van der Waals surface area contributed by atoms with E-state index in [0.29, 0.717) is 13.0 Å². The van der Waals surface area contributed by atoms with Crippen molar-refractivity contribution in [1.82, 2.24) is 0 Å². The number of rotatable bonds is 6. The Balaban J connectivity index is 3.02. The van der Waals surface area contributed by atoms with Gasteiger partial charge < -0.3 is 10.0 Å². The Kier molecular flexibility index (Phi) is 5.67. The van der Waals surface area contributed by atoms with Crippen molar-refractivity contribution >= 4 is 5.69 Å². The van der Waals surface area contributed by atoms with E-state index >= 15 is 0 Å². The van der Waals surface area contributed by atoms with Crippen molar-refractivity contribution < 1.29 is 5.11 Å². The summed E-state index contributed by atoms with van der Waals surface area (Å²) in [5.74, 6) is -0.0169. The second kappa shape index (κ2) is 7.03. The van der Waals surface area contributed by atoms with Crippen LogP contribution in [0.1, 0.15) is 38.9 Å². The van der Waals surface area contributed by atoms with E-state index < -0.39 is 6.10 Å². The molecular weight excluding hydrogens is 224 g/mol. The lowest BCUT2D eigenvalue weighted by Gasteiger charge is -2.28. The van der Waals surface area contributed by atoms with Gasteiger partial charge in [0.15, 0.2) is 0 Å². The molecule has 18 heavy (non-hydrogen) atoms. The minimum absolute atomic E-state index is 0.0169. The maximum absolute atomic E-state index is 10.1. The van der Waals surface area contributed by atoms with Gasteiger partial charge in [-0.1, -0.05) is 25.1 Å². The SMILES string of the molecule is CC[C@@H](O)c1ccccc1N(CC)CC(C)C#N. The van der Waals surface area contributed by atoms with Crippen molar-refractivity contribution in [3.63, 3.8) is 0 Å². The Hall–Kier alpha value is -1.53. The van der Waals surface area contributed by atoms with Gasteiger partial charge in [0.1, 0.15) is 0 Å². The maximum Gasteiger partial charge on any atom is 0.0807 e. The van der Waals surface area contributed by atoms with Gasteiger partial charge in [-0.15, -0.1) is 0 Å². The van der Waals surface area contributed by atoms with Gasteiger partial charge in [-0.25, -0.2) is 0 Å². The van der Waals surface area contributed by atoms with Crippen molar-refractivity contribution in [3.8, 4) is 6.07 Å². The molecule has 0 saturated carbocycles. The fourth-order valence-corrected chi connectivity index (χ4v) is 2.05. The molecule has 2 atom stereocenters. The van der Waals surface area contributed by atoms with Crippen LogP contribution in [0.15, 0.2) is 24.3 Å². The molecule has 0 saturated heterocycles. The van der Waals surface area contributed by atoms with Crippen LogP contribution >= 0.6 is 0 Å². The highest BCUT2D eigenvalue weighted by atomic mass is 16.3. The predicted molar refractivity (Wildman–Crippen MR) is 74.4 cm³/mol. The molecule has 0 aliphatic carbocycles. The number of nitriles is 1. The largest absolute Gasteiger partial charge is 0.388 e. The fraction of sp³-hybridized carbons (Fsp3) is 0.533. The Morgan fingerprint density at radius 2 is 2.00 bits per heavy atom. The van der Waals surface area contributed by atoms with Gasteiger partial charge in [0.2, 0.25) is 0 Å². The molecule has 0 aliphatic rings. The summed E-state index contributed by atoms with van der Waals surface area (Å²) in [5.41, 5.74) is 1.99. The second-order valence-corrected chi connectivity index (χ2v) is 4.55. The molecule has 0 radical (unpaired) electrons. The third-order valence-corrected chi connectivity index (χ3v) is 3.12. The van der Waals surface area contributed by atoms with Gasteiger partial charge in [-0.05, 0) is 26.3 Å². The fourth-order valence-electron chi connectivity index (χ4n) is 2.05. The average Bonchev–Trinajstić information content (AvgIpc) is 2.43. The summed E-state index contributed by atoms with van der Waals surface area (Å²) in [6.07, 6.45) is 0.259. The normalized spacial score (nSPS) is 13.7. The Morgan fingerprint density at radius 1 is 1.33 bits per heavy atom. The van der Waals surface area contributed by atoms with Crippen LogP contribution in [0.4, 0.5) is 5.69 Å².